The third-order valence-corrected chi connectivity index (χ3v) is 17.0. The topological polar surface area (TPSA) is 111 Å². The van der Waals surface area contributed by atoms with Crippen LogP contribution in [0.4, 0.5) is 0 Å². The van der Waals surface area contributed by atoms with Gasteiger partial charge in [-0.05, 0) is 18.7 Å². The first-order valence-electron chi connectivity index (χ1n) is 18.7. The minimum atomic E-state index is -0.319. The lowest BCUT2D eigenvalue weighted by Gasteiger charge is -2.28. The fourth-order valence-corrected chi connectivity index (χ4v) is 14.7. The van der Waals surface area contributed by atoms with E-state index in [1.165, 1.54) is 12.3 Å². The Kier molecular flexibility index (Phi) is 21.8. The minimum absolute atomic E-state index is 0.0465. The van der Waals surface area contributed by atoms with Gasteiger partial charge in [0.1, 0.15) is 0 Å². The molecule has 49 heavy (non-hydrogen) atoms. The lowest BCUT2D eigenvalue weighted by molar-refractivity contribution is -0.0913. The molecule has 4 saturated heterocycles. The van der Waals surface area contributed by atoms with Crippen molar-refractivity contribution in [2.75, 3.05) is 144 Å². The van der Waals surface area contributed by atoms with E-state index in [-0.39, 0.29) is 40.3 Å². The lowest BCUT2D eigenvalue weighted by atomic mass is 10.1. The van der Waals surface area contributed by atoms with Crippen LogP contribution in [0, 0.1) is 0 Å². The number of ether oxygens (including phenoxy) is 12. The van der Waals surface area contributed by atoms with Crippen molar-refractivity contribution in [2.24, 2.45) is 0 Å². The van der Waals surface area contributed by atoms with Crippen molar-refractivity contribution in [3.63, 3.8) is 0 Å². The van der Waals surface area contributed by atoms with E-state index in [4.69, 9.17) is 56.8 Å². The molecule has 0 N–H and O–H groups in total. The van der Waals surface area contributed by atoms with Crippen LogP contribution >= 0.6 is 15.8 Å². The van der Waals surface area contributed by atoms with Crippen molar-refractivity contribution in [2.45, 2.75) is 81.2 Å². The maximum Gasteiger partial charge on any atom is 0.0908 e. The monoisotopic (exact) mass is 740 g/mol. The molecule has 0 aliphatic carbocycles. The summed E-state index contributed by atoms with van der Waals surface area (Å²) in [6, 6.07) is 0. The number of rotatable bonds is 3. The van der Waals surface area contributed by atoms with Gasteiger partial charge in [0.05, 0.1) is 143 Å². The Morgan fingerprint density at radius 2 is 0.510 bits per heavy atom. The van der Waals surface area contributed by atoms with Gasteiger partial charge < -0.3 is 56.8 Å². The molecule has 4 rings (SSSR count). The molecule has 12 nitrogen and oxygen atoms in total. The maximum atomic E-state index is 6.55. The van der Waals surface area contributed by atoms with Crippen LogP contribution < -0.4 is 0 Å². The highest BCUT2D eigenvalue weighted by Crippen LogP contribution is 2.62. The van der Waals surface area contributed by atoms with Gasteiger partial charge in [-0.15, -0.1) is 0 Å². The second-order valence-corrected chi connectivity index (χ2v) is 19.2. The molecule has 0 aromatic heterocycles. The SMILES string of the molecule is CC1C2OCCOCCOCCCOCCOCCOC2C(C)P1CCP1C(C)C2OCCOCCOCCOCCOCCOC2C1C. The molecule has 4 fully saturated rings. The molecule has 288 valence electrons. The van der Waals surface area contributed by atoms with E-state index in [1.54, 1.807) is 0 Å². The molecular weight excluding hydrogens is 674 g/mol. The summed E-state index contributed by atoms with van der Waals surface area (Å²) in [4.78, 5) is 0. The van der Waals surface area contributed by atoms with Crippen molar-refractivity contribution in [3.8, 4) is 0 Å². The zero-order valence-electron chi connectivity index (χ0n) is 30.7. The number of hydrogen-bond acceptors (Lipinski definition) is 12. The highest BCUT2D eigenvalue weighted by atomic mass is 31.1. The second-order valence-electron chi connectivity index (χ2n) is 13.0. The molecule has 14 heteroatoms. The molecule has 8 unspecified atom stereocenters. The highest BCUT2D eigenvalue weighted by Gasteiger charge is 2.50. The summed E-state index contributed by atoms with van der Waals surface area (Å²) in [5.74, 6) is 0. The fraction of sp³-hybridized carbons (Fsp3) is 1.00. The van der Waals surface area contributed by atoms with Gasteiger partial charge in [-0.25, -0.2) is 0 Å². The maximum absolute atomic E-state index is 6.55. The summed E-state index contributed by atoms with van der Waals surface area (Å²) in [6.07, 6.45) is 3.46. The van der Waals surface area contributed by atoms with Crippen LogP contribution in [0.15, 0.2) is 0 Å². The van der Waals surface area contributed by atoms with Crippen LogP contribution in [0.25, 0.3) is 0 Å². The summed E-state index contributed by atoms with van der Waals surface area (Å²) >= 11 is 0. The van der Waals surface area contributed by atoms with Gasteiger partial charge in [-0.2, -0.15) is 0 Å². The molecule has 0 amide bonds. The van der Waals surface area contributed by atoms with Crippen molar-refractivity contribution in [1.29, 1.82) is 0 Å². The van der Waals surface area contributed by atoms with Crippen molar-refractivity contribution < 1.29 is 56.8 Å². The van der Waals surface area contributed by atoms with Gasteiger partial charge in [-0.1, -0.05) is 43.5 Å². The molecule has 0 bridgehead atoms. The van der Waals surface area contributed by atoms with E-state index in [1.807, 2.05) is 0 Å². The van der Waals surface area contributed by atoms with Crippen LogP contribution in [0.1, 0.15) is 34.1 Å². The van der Waals surface area contributed by atoms with Crippen LogP contribution in [0.2, 0.25) is 0 Å². The van der Waals surface area contributed by atoms with E-state index in [2.05, 4.69) is 27.7 Å². The summed E-state index contributed by atoms with van der Waals surface area (Å²) < 4.78 is 71.9. The van der Waals surface area contributed by atoms with Gasteiger partial charge in [0, 0.05) is 35.8 Å². The average molecular weight is 741 g/mol. The molecule has 0 aromatic rings. The first-order valence-corrected chi connectivity index (χ1v) is 22.0. The molecule has 4 heterocycles. The normalized spacial score (nSPS) is 38.9. The second kappa shape index (κ2) is 25.4. The average Bonchev–Trinajstić information content (AvgIpc) is 3.45. The molecule has 4 aliphatic heterocycles. The van der Waals surface area contributed by atoms with Crippen molar-refractivity contribution in [1.82, 2.24) is 0 Å². The fourth-order valence-electron chi connectivity index (χ4n) is 7.22. The Morgan fingerprint density at radius 1 is 0.306 bits per heavy atom. The molecule has 4 aliphatic rings. The smallest absolute Gasteiger partial charge is 0.0908 e. The molecule has 0 radical (unpaired) electrons. The Balaban J connectivity index is 1.33. The van der Waals surface area contributed by atoms with Crippen LogP contribution in [-0.2, 0) is 56.8 Å². The summed E-state index contributed by atoms with van der Waals surface area (Å²) in [7, 11) is -0.637. The van der Waals surface area contributed by atoms with Gasteiger partial charge >= 0.3 is 0 Å². The van der Waals surface area contributed by atoms with Gasteiger partial charge in [0.15, 0.2) is 0 Å². The van der Waals surface area contributed by atoms with Crippen molar-refractivity contribution in [3.05, 3.63) is 0 Å². The summed E-state index contributed by atoms with van der Waals surface area (Å²) in [5.41, 5.74) is 1.73. The summed E-state index contributed by atoms with van der Waals surface area (Å²) in [5, 5.41) is 0. The lowest BCUT2D eigenvalue weighted by Crippen LogP contribution is -2.37. The quantitative estimate of drug-likeness (QED) is 0.395. The predicted octanol–water partition coefficient (Wildman–Crippen LogP) is 3.62. The molecule has 0 aromatic carbocycles. The third kappa shape index (κ3) is 14.6. The van der Waals surface area contributed by atoms with E-state index < -0.39 is 0 Å². The van der Waals surface area contributed by atoms with Gasteiger partial charge in [0.2, 0.25) is 0 Å². The molecule has 0 spiro atoms. The van der Waals surface area contributed by atoms with Crippen LogP contribution in [0.3, 0.4) is 0 Å². The van der Waals surface area contributed by atoms with Crippen LogP contribution in [-0.4, -0.2) is 192 Å². The third-order valence-electron chi connectivity index (χ3n) is 9.85. The molecule has 8 atom stereocenters. The number of fused-ring (bicyclic) bond motifs is 2. The Labute approximate surface area is 297 Å². The first-order chi connectivity index (χ1) is 24.1. The standard InChI is InChI=1S/C35H66O12P2/c1-28-32-33(45-23-19-41-11-9-37-7-5-6-36-8-10-40-18-22-44-32)29(2)48(28)26-27-49-30(3)34-35(31(49)4)47-25-21-43-17-15-39-13-12-38-14-16-42-20-24-46-34/h28-35H,5-27H2,1-4H3. The Morgan fingerprint density at radius 3 is 0.755 bits per heavy atom. The van der Waals surface area contributed by atoms with E-state index in [9.17, 15) is 0 Å². The minimum Gasteiger partial charge on any atom is -0.379 e. The predicted molar refractivity (Wildman–Crippen MR) is 192 cm³/mol. The summed E-state index contributed by atoms with van der Waals surface area (Å²) in [6.45, 7) is 20.9. The largest absolute Gasteiger partial charge is 0.379 e. The first kappa shape index (κ1) is 42.1. The number of hydrogen-bond donors (Lipinski definition) is 0. The molecule has 0 saturated carbocycles. The van der Waals surface area contributed by atoms with Crippen LogP contribution in [0.5, 0.6) is 0 Å². The van der Waals surface area contributed by atoms with Gasteiger partial charge in [0.25, 0.3) is 0 Å². The zero-order valence-corrected chi connectivity index (χ0v) is 32.5. The van der Waals surface area contributed by atoms with Gasteiger partial charge in [-0.3, -0.25) is 0 Å². The van der Waals surface area contributed by atoms with E-state index in [0.717, 1.165) is 6.42 Å². The van der Waals surface area contributed by atoms with E-state index in [0.29, 0.717) is 155 Å². The molecular formula is C35H66O12P2. The Bertz CT molecular complexity index is 773. The zero-order chi connectivity index (χ0) is 34.5. The van der Waals surface area contributed by atoms with Crippen molar-refractivity contribution >= 4 is 15.8 Å². The highest BCUT2D eigenvalue weighted by molar-refractivity contribution is 7.63. The Hall–Kier alpha value is 0.380. The van der Waals surface area contributed by atoms with E-state index >= 15 is 0 Å².